The van der Waals surface area contributed by atoms with E-state index >= 15 is 0 Å². The monoisotopic (exact) mass is 555 g/mol. The Hall–Kier alpha value is -1.18. The third kappa shape index (κ3) is 6.92. The maximum Gasteiger partial charge on any atom is 0.490 e. The van der Waals surface area contributed by atoms with Gasteiger partial charge in [0.2, 0.25) is 5.60 Å². The number of anilines is 1. The number of phosphoric acid groups is 3. The number of aryl methyl sites for hydroxylation is 1. The number of hydrogen-bond donors (Lipinski definition) is 7. The van der Waals surface area contributed by atoms with Crippen molar-refractivity contribution in [3.05, 3.63) is 22.2 Å². The molecule has 186 valence electrons. The fraction of sp³-hybridized carbons (Fsp3) is 0.500. The van der Waals surface area contributed by atoms with Crippen LogP contribution in [0, 0.1) is 18.2 Å². The molecule has 6 atom stereocenters. The number of aliphatic hydroxyl groups is 2. The van der Waals surface area contributed by atoms with E-state index in [0.717, 1.165) is 4.57 Å². The van der Waals surface area contributed by atoms with Crippen molar-refractivity contribution >= 4 is 40.9 Å². The van der Waals surface area contributed by atoms with Gasteiger partial charge in [-0.2, -0.15) is 13.6 Å². The van der Waals surface area contributed by atoms with Crippen LogP contribution in [0.1, 0.15) is 11.9 Å². The maximum absolute atomic E-state index is 12.3. The largest absolute Gasteiger partial charge is 0.490 e. The summed E-state index contributed by atoms with van der Waals surface area (Å²) in [4.78, 5) is 51.5. The first-order valence-electron chi connectivity index (χ1n) is 8.23. The van der Waals surface area contributed by atoms with E-state index in [9.17, 15) is 33.6 Å². The summed E-state index contributed by atoms with van der Waals surface area (Å²) in [6, 6.07) is 1.23. The lowest BCUT2D eigenvalue weighted by Gasteiger charge is -2.27. The molecule has 8 N–H and O–H groups in total. The summed E-state index contributed by atoms with van der Waals surface area (Å²) in [6.45, 7) is 0.243. The van der Waals surface area contributed by atoms with Crippen molar-refractivity contribution in [1.29, 1.82) is 0 Å². The van der Waals surface area contributed by atoms with Crippen LogP contribution >= 0.6 is 35.1 Å². The summed E-state index contributed by atoms with van der Waals surface area (Å²) < 4.78 is 51.5. The van der Waals surface area contributed by atoms with Crippen molar-refractivity contribution in [2.75, 3.05) is 12.3 Å². The molecule has 33 heavy (non-hydrogen) atoms. The summed E-state index contributed by atoms with van der Waals surface area (Å²) in [7, 11) is -17.0. The van der Waals surface area contributed by atoms with E-state index in [4.69, 9.17) is 36.8 Å². The van der Waals surface area contributed by atoms with Gasteiger partial charge in [0.25, 0.3) is 0 Å². The van der Waals surface area contributed by atoms with Crippen LogP contribution in [0.15, 0.2) is 10.9 Å². The molecule has 1 aromatic heterocycles. The molecule has 0 bridgehead atoms. The molecule has 1 saturated heterocycles. The minimum Gasteiger partial charge on any atom is -0.386 e. The number of hydrogen-bond acceptors (Lipinski definition) is 12. The van der Waals surface area contributed by atoms with E-state index in [0.29, 0.717) is 0 Å². The number of aromatic nitrogens is 2. The zero-order chi connectivity index (χ0) is 25.4. The Bertz CT molecular complexity index is 1180. The van der Waals surface area contributed by atoms with Gasteiger partial charge in [0.1, 0.15) is 18.0 Å². The lowest BCUT2D eigenvalue weighted by Crippen LogP contribution is -2.48. The number of rotatable bonds is 8. The molecule has 1 aliphatic rings. The quantitative estimate of drug-likeness (QED) is 0.144. The molecule has 0 amide bonds. The minimum absolute atomic E-state index is 0.105. The van der Waals surface area contributed by atoms with Crippen molar-refractivity contribution < 1.29 is 61.4 Å². The van der Waals surface area contributed by atoms with Crippen LogP contribution in [0.25, 0.3) is 0 Å². The molecule has 0 radical (unpaired) electrons. The van der Waals surface area contributed by atoms with Gasteiger partial charge >= 0.3 is 29.2 Å². The summed E-state index contributed by atoms with van der Waals surface area (Å²) >= 11 is 5.33. The molecule has 1 aliphatic heterocycles. The average Bonchev–Trinajstić information content (AvgIpc) is 2.81. The first kappa shape index (κ1) is 28.1. The molecule has 1 aromatic rings. The van der Waals surface area contributed by atoms with Gasteiger partial charge in [-0.15, -0.1) is 0 Å². The zero-order valence-corrected chi connectivity index (χ0v) is 19.6. The Balaban J connectivity index is 2.28. The van der Waals surface area contributed by atoms with Crippen LogP contribution in [0.3, 0.4) is 0 Å². The third-order valence-electron chi connectivity index (χ3n) is 3.95. The molecule has 21 heteroatoms. The highest BCUT2D eigenvalue weighted by Crippen LogP contribution is 2.66. The molecular weight excluding hydrogens is 539 g/mol. The number of ether oxygens (including phenoxy) is 1. The first-order valence-corrected chi connectivity index (χ1v) is 13.1. The van der Waals surface area contributed by atoms with Crippen LogP contribution in [0.4, 0.5) is 5.82 Å². The number of phosphoric ester groups is 1. The van der Waals surface area contributed by atoms with Gasteiger partial charge in [0.15, 0.2) is 6.23 Å². The molecule has 2 heterocycles. The van der Waals surface area contributed by atoms with Crippen LogP contribution in [0.5, 0.6) is 0 Å². The Morgan fingerprint density at radius 2 is 1.88 bits per heavy atom. The van der Waals surface area contributed by atoms with E-state index in [2.05, 4.69) is 18.1 Å². The summed E-state index contributed by atoms with van der Waals surface area (Å²) in [6.07, 6.45) is -5.56. The minimum atomic E-state index is -5.79. The molecular formula is C12H17ClN3O14P3. The second kappa shape index (κ2) is 9.82. The van der Waals surface area contributed by atoms with Crippen molar-refractivity contribution in [3.8, 4) is 11.3 Å². The van der Waals surface area contributed by atoms with Gasteiger partial charge in [-0.25, -0.2) is 18.5 Å². The standard InChI is InChI=1S/C12H17ClN3O14P3/c1-6-4-8(14)15-11(18)16(6)10-12(19,2-3-13)9(17)7(28-10)5-27-32(23,24)30-33(25,26)29-31(20,21)22/h4,7,9-10,17,19H,5H2,1H3,(H,23,24)(H,25,26)(H2,14,15,18)(H2,20,21,22)/t7-,9?,10-,12?/m1/s1. The predicted octanol–water partition coefficient (Wildman–Crippen LogP) is -1.33. The number of halogens is 1. The Morgan fingerprint density at radius 3 is 2.39 bits per heavy atom. The van der Waals surface area contributed by atoms with E-state index in [1.165, 1.54) is 13.0 Å². The van der Waals surface area contributed by atoms with Crippen molar-refractivity contribution in [1.82, 2.24) is 9.55 Å². The van der Waals surface area contributed by atoms with Crippen molar-refractivity contribution in [2.45, 2.75) is 31.0 Å². The van der Waals surface area contributed by atoms with Gasteiger partial charge in [-0.05, 0) is 30.5 Å². The topological polar surface area (TPSA) is 270 Å². The van der Waals surface area contributed by atoms with Gasteiger partial charge in [-0.3, -0.25) is 9.09 Å². The average molecular weight is 556 g/mol. The summed E-state index contributed by atoms with van der Waals surface area (Å²) in [5, 5.41) is 23.1. The van der Waals surface area contributed by atoms with Crippen molar-refractivity contribution in [2.24, 2.45) is 0 Å². The summed E-state index contributed by atoms with van der Waals surface area (Å²) in [5.74, 6) is 1.88. The normalized spacial score (nSPS) is 29.0. The van der Waals surface area contributed by atoms with Crippen LogP contribution in [0.2, 0.25) is 0 Å². The Kier molecular flexibility index (Phi) is 8.35. The molecule has 0 aliphatic carbocycles. The smallest absolute Gasteiger partial charge is 0.386 e. The molecule has 0 saturated carbocycles. The number of nitrogens with two attached hydrogens (primary N) is 1. The van der Waals surface area contributed by atoms with E-state index in [-0.39, 0.29) is 11.5 Å². The molecule has 0 spiro atoms. The van der Waals surface area contributed by atoms with E-state index in [1.54, 1.807) is 0 Å². The summed E-state index contributed by atoms with van der Waals surface area (Å²) in [5.41, 5.74) is 1.97. The molecule has 17 nitrogen and oxygen atoms in total. The molecule has 1 fully saturated rings. The predicted molar refractivity (Wildman–Crippen MR) is 106 cm³/mol. The van der Waals surface area contributed by atoms with Gasteiger partial charge < -0.3 is 40.3 Å². The van der Waals surface area contributed by atoms with Gasteiger partial charge in [0, 0.05) is 11.1 Å². The fourth-order valence-corrected chi connectivity index (χ4v) is 5.94. The van der Waals surface area contributed by atoms with Gasteiger partial charge in [0.05, 0.1) is 6.61 Å². The Morgan fingerprint density at radius 1 is 1.27 bits per heavy atom. The first-order chi connectivity index (χ1) is 14.9. The molecule has 4 unspecified atom stereocenters. The van der Waals surface area contributed by atoms with Crippen LogP contribution < -0.4 is 11.4 Å². The van der Waals surface area contributed by atoms with E-state index < -0.39 is 59.8 Å². The lowest BCUT2D eigenvalue weighted by molar-refractivity contribution is -0.0770. The second-order valence-electron chi connectivity index (χ2n) is 6.38. The van der Waals surface area contributed by atoms with Crippen molar-refractivity contribution in [3.63, 3.8) is 0 Å². The molecule has 0 aromatic carbocycles. The zero-order valence-electron chi connectivity index (χ0n) is 16.2. The SMILES string of the molecule is Cc1cc(N)nc(=O)n1[C@@H]1O[C@H](COP(=O)(O)OP(=O)(O)OP(=O)(O)O)C(O)C1(O)C#CCl. The lowest BCUT2D eigenvalue weighted by atomic mass is 9.95. The molecule has 2 rings (SSSR count). The van der Waals surface area contributed by atoms with Gasteiger partial charge in [-0.1, -0.05) is 0 Å². The van der Waals surface area contributed by atoms with E-state index in [1.807, 2.05) is 11.3 Å². The number of nitrogens with zero attached hydrogens (tertiary/aromatic N) is 2. The number of aliphatic hydroxyl groups excluding tert-OH is 1. The highest BCUT2D eigenvalue weighted by atomic mass is 35.5. The highest BCUT2D eigenvalue weighted by molar-refractivity contribution is 7.66. The maximum atomic E-state index is 12.3. The van der Waals surface area contributed by atoms with Crippen LogP contribution in [-0.4, -0.2) is 63.8 Å². The second-order valence-corrected chi connectivity index (χ2v) is 11.0. The van der Waals surface area contributed by atoms with Crippen LogP contribution in [-0.2, 0) is 31.6 Å². The number of nitrogen functional groups attached to an aromatic ring is 1. The fourth-order valence-electron chi connectivity index (χ4n) is 2.76. The Labute approximate surface area is 189 Å². The highest BCUT2D eigenvalue weighted by Gasteiger charge is 2.57. The third-order valence-corrected chi connectivity index (χ3v) is 7.85.